The molecule has 3 aliphatic heterocycles. The van der Waals surface area contributed by atoms with Gasteiger partial charge in [-0.1, -0.05) is 36.8 Å². The Hall–Kier alpha value is -1.16. The van der Waals surface area contributed by atoms with Gasteiger partial charge in [-0.2, -0.15) is 0 Å². The summed E-state index contributed by atoms with van der Waals surface area (Å²) in [6.07, 6.45) is 6.15. The normalized spacial score (nSPS) is 23.1. The molecule has 6 nitrogen and oxygen atoms in total. The number of hydrogen-bond donors (Lipinski definition) is 0. The minimum Gasteiger partial charge on any atom is -0.300 e. The van der Waals surface area contributed by atoms with Crippen LogP contribution in [0.3, 0.4) is 0 Å². The Bertz CT molecular complexity index is 1210. The molecule has 0 radical (unpaired) electrons. The van der Waals surface area contributed by atoms with Crippen molar-refractivity contribution < 1.29 is 16.8 Å². The average molecular weight is 562 g/mol. The Morgan fingerprint density at radius 3 is 2.14 bits per heavy atom. The van der Waals surface area contributed by atoms with Crippen LogP contribution >= 0.6 is 24.8 Å². The molecule has 2 fully saturated rings. The van der Waals surface area contributed by atoms with Gasteiger partial charge in [0, 0.05) is 12.6 Å². The average Bonchev–Trinajstić information content (AvgIpc) is 3.13. The van der Waals surface area contributed by atoms with Crippen molar-refractivity contribution in [3.8, 4) is 0 Å². The van der Waals surface area contributed by atoms with Gasteiger partial charge >= 0.3 is 0 Å². The highest BCUT2D eigenvalue weighted by Crippen LogP contribution is 2.43. The van der Waals surface area contributed by atoms with E-state index in [0.717, 1.165) is 31.5 Å². The largest absolute Gasteiger partial charge is 0.300 e. The molecule has 3 aliphatic rings. The van der Waals surface area contributed by atoms with Gasteiger partial charge in [0.05, 0.1) is 15.5 Å². The maximum absolute atomic E-state index is 13.5. The fourth-order valence-corrected chi connectivity index (χ4v) is 10.1. The van der Waals surface area contributed by atoms with Gasteiger partial charge in [0.2, 0.25) is 0 Å². The monoisotopic (exact) mass is 560 g/mol. The van der Waals surface area contributed by atoms with E-state index in [0.29, 0.717) is 18.2 Å². The highest BCUT2D eigenvalue weighted by molar-refractivity contribution is 7.96. The number of piperidine rings is 2. The van der Waals surface area contributed by atoms with Gasteiger partial charge in [0.15, 0.2) is 19.7 Å². The third-order valence-corrected chi connectivity index (χ3v) is 11.6. The second kappa shape index (κ2) is 11.5. The van der Waals surface area contributed by atoms with Crippen LogP contribution in [0.25, 0.3) is 0 Å². The van der Waals surface area contributed by atoms with Crippen molar-refractivity contribution in [3.05, 3.63) is 59.7 Å². The summed E-state index contributed by atoms with van der Waals surface area (Å²) in [5, 5.41) is -1.05. The van der Waals surface area contributed by atoms with Crippen LogP contribution < -0.4 is 0 Å². The van der Waals surface area contributed by atoms with Gasteiger partial charge < -0.3 is 4.90 Å². The molecular formula is C25H34Cl2N2O4S2. The van der Waals surface area contributed by atoms with Crippen LogP contribution in [0.15, 0.2) is 58.3 Å². The van der Waals surface area contributed by atoms with Crippen LogP contribution in [0, 0.1) is 0 Å². The van der Waals surface area contributed by atoms with Crippen LogP contribution in [0.5, 0.6) is 0 Å². The van der Waals surface area contributed by atoms with E-state index in [1.165, 1.54) is 32.4 Å². The Morgan fingerprint density at radius 2 is 1.49 bits per heavy atom. The van der Waals surface area contributed by atoms with E-state index in [9.17, 15) is 16.8 Å². The predicted molar refractivity (Wildman–Crippen MR) is 143 cm³/mol. The molecule has 2 aromatic rings. The van der Waals surface area contributed by atoms with Crippen LogP contribution in [0.1, 0.15) is 48.5 Å². The van der Waals surface area contributed by atoms with Gasteiger partial charge in [-0.15, -0.1) is 24.8 Å². The number of rotatable bonds is 5. The van der Waals surface area contributed by atoms with Crippen molar-refractivity contribution in [2.45, 2.75) is 59.7 Å². The van der Waals surface area contributed by atoms with Gasteiger partial charge in [-0.05, 0) is 81.2 Å². The first-order valence-corrected chi connectivity index (χ1v) is 15.2. The van der Waals surface area contributed by atoms with Gasteiger partial charge in [0.1, 0.15) is 5.25 Å². The Kier molecular flexibility index (Phi) is 9.32. The topological polar surface area (TPSA) is 74.8 Å². The molecule has 35 heavy (non-hydrogen) atoms. The van der Waals surface area contributed by atoms with Crippen LogP contribution in [0.4, 0.5) is 0 Å². The van der Waals surface area contributed by atoms with Crippen molar-refractivity contribution in [1.82, 2.24) is 9.80 Å². The van der Waals surface area contributed by atoms with E-state index in [2.05, 4.69) is 9.80 Å². The molecule has 10 heteroatoms. The van der Waals surface area contributed by atoms with Crippen LogP contribution in [-0.4, -0.2) is 64.6 Å². The summed E-state index contributed by atoms with van der Waals surface area (Å²) in [5.74, 6) is -0.381. The third kappa shape index (κ3) is 5.73. The van der Waals surface area contributed by atoms with Crippen molar-refractivity contribution in [2.24, 2.45) is 0 Å². The molecule has 5 rings (SSSR count). The number of fused-ring (bicyclic) bond motifs is 1. The minimum absolute atomic E-state index is 0. The minimum atomic E-state index is -3.81. The first-order chi connectivity index (χ1) is 15.9. The first-order valence-electron chi connectivity index (χ1n) is 12.0. The van der Waals surface area contributed by atoms with Crippen molar-refractivity contribution >= 4 is 44.5 Å². The molecule has 1 unspecified atom stereocenters. The standard InChI is InChI=1S/C25H32N2O4S2.2ClH/c28-32(29)19-24(33(30,31)22-9-3-1-4-10-22)25-20(8-7-11-23(25)32)18-26-16-12-21(13-17-26)27-14-5-2-6-15-27;;/h1,3-4,7-11,21,24H,2,5-6,12-19H2;2*1H. The number of nitrogens with zero attached hydrogens (tertiary/aromatic N) is 2. The van der Waals surface area contributed by atoms with Crippen LogP contribution in [-0.2, 0) is 26.2 Å². The lowest BCUT2D eigenvalue weighted by Gasteiger charge is -2.40. The fraction of sp³-hybridized carbons (Fsp3) is 0.520. The maximum Gasteiger partial charge on any atom is 0.186 e. The van der Waals surface area contributed by atoms with Crippen molar-refractivity contribution in [1.29, 1.82) is 0 Å². The smallest absolute Gasteiger partial charge is 0.186 e. The predicted octanol–water partition coefficient (Wildman–Crippen LogP) is 4.28. The summed E-state index contributed by atoms with van der Waals surface area (Å²) in [5.41, 5.74) is 1.31. The molecule has 1 atom stereocenters. The fourth-order valence-electron chi connectivity index (χ4n) is 5.72. The molecule has 0 amide bonds. The van der Waals surface area contributed by atoms with Gasteiger partial charge in [-0.3, -0.25) is 4.90 Å². The lowest BCUT2D eigenvalue weighted by atomic mass is 9.98. The van der Waals surface area contributed by atoms with E-state index in [4.69, 9.17) is 0 Å². The molecule has 0 bridgehead atoms. The zero-order valence-corrected chi connectivity index (χ0v) is 23.0. The molecule has 2 aromatic carbocycles. The summed E-state index contributed by atoms with van der Waals surface area (Å²) in [4.78, 5) is 5.35. The third-order valence-electron chi connectivity index (χ3n) is 7.49. The molecule has 0 N–H and O–H groups in total. The second-order valence-corrected chi connectivity index (χ2v) is 13.7. The first kappa shape index (κ1) is 28.4. The molecule has 0 aliphatic carbocycles. The Labute approximate surface area is 221 Å². The highest BCUT2D eigenvalue weighted by atomic mass is 35.5. The van der Waals surface area contributed by atoms with E-state index >= 15 is 0 Å². The number of hydrogen-bond acceptors (Lipinski definition) is 6. The van der Waals surface area contributed by atoms with E-state index < -0.39 is 24.9 Å². The lowest BCUT2D eigenvalue weighted by molar-refractivity contribution is 0.0895. The van der Waals surface area contributed by atoms with Gasteiger partial charge in [-0.25, -0.2) is 16.8 Å². The number of sulfone groups is 2. The quantitative estimate of drug-likeness (QED) is 0.543. The number of likely N-dealkylation sites (tertiary alicyclic amines) is 2. The zero-order chi connectivity index (χ0) is 23.1. The zero-order valence-electron chi connectivity index (χ0n) is 19.7. The molecule has 194 valence electrons. The van der Waals surface area contributed by atoms with E-state index in [1.54, 1.807) is 42.5 Å². The molecule has 0 aromatic heterocycles. The summed E-state index contributed by atoms with van der Waals surface area (Å²) < 4.78 is 52.8. The number of benzene rings is 2. The van der Waals surface area contributed by atoms with E-state index in [-0.39, 0.29) is 40.4 Å². The SMILES string of the molecule is Cl.Cl.O=S1(=O)CC(S(=O)(=O)c2ccccc2)c2c(CN3CCC(N4CCCCC4)CC3)cccc21. The summed E-state index contributed by atoms with van der Waals surface area (Å²) in [7, 11) is -7.45. The summed E-state index contributed by atoms with van der Waals surface area (Å²) in [6.45, 7) is 4.90. The summed E-state index contributed by atoms with van der Waals surface area (Å²) in [6, 6.07) is 14.1. The van der Waals surface area contributed by atoms with E-state index in [1.807, 2.05) is 6.07 Å². The number of halogens is 2. The highest BCUT2D eigenvalue weighted by Gasteiger charge is 2.44. The van der Waals surface area contributed by atoms with Crippen molar-refractivity contribution in [3.63, 3.8) is 0 Å². The maximum atomic E-state index is 13.5. The molecule has 3 heterocycles. The summed E-state index contributed by atoms with van der Waals surface area (Å²) >= 11 is 0. The molecule has 2 saturated heterocycles. The van der Waals surface area contributed by atoms with Crippen LogP contribution in [0.2, 0.25) is 0 Å². The molecule has 0 spiro atoms. The Balaban J connectivity index is 0.00000171. The molecular weight excluding hydrogens is 527 g/mol. The molecule has 0 saturated carbocycles. The Morgan fingerprint density at radius 1 is 0.829 bits per heavy atom. The second-order valence-electron chi connectivity index (χ2n) is 9.56. The van der Waals surface area contributed by atoms with Gasteiger partial charge in [0.25, 0.3) is 0 Å². The lowest BCUT2D eigenvalue weighted by Crippen LogP contribution is -2.46. The van der Waals surface area contributed by atoms with Crippen molar-refractivity contribution in [2.75, 3.05) is 31.9 Å².